The van der Waals surface area contributed by atoms with Crippen molar-refractivity contribution in [1.82, 2.24) is 9.55 Å². The van der Waals surface area contributed by atoms with Crippen LogP contribution < -0.4 is 0 Å². The van der Waals surface area contributed by atoms with Gasteiger partial charge < -0.3 is 9.67 Å². The van der Waals surface area contributed by atoms with Gasteiger partial charge in [-0.2, -0.15) is 0 Å². The second kappa shape index (κ2) is 3.98. The number of aromatic carboxylic acids is 1. The second-order valence-electron chi connectivity index (χ2n) is 3.37. The van der Waals surface area contributed by atoms with Crippen LogP contribution in [-0.2, 0) is 0 Å². The Bertz CT molecular complexity index is 549. The van der Waals surface area contributed by atoms with Gasteiger partial charge in [-0.15, -0.1) is 0 Å². The molecular weight excluding hydrogens is 228 g/mol. The van der Waals surface area contributed by atoms with Gasteiger partial charge >= 0.3 is 5.97 Å². The number of carboxylic acids is 1. The van der Waals surface area contributed by atoms with Crippen LogP contribution in [0.4, 0.5) is 0 Å². The van der Waals surface area contributed by atoms with Crippen molar-refractivity contribution in [2.45, 2.75) is 6.92 Å². The first-order valence-corrected chi connectivity index (χ1v) is 4.99. The molecule has 1 aromatic heterocycles. The van der Waals surface area contributed by atoms with Crippen LogP contribution >= 0.6 is 11.6 Å². The molecule has 0 radical (unpaired) electrons. The van der Waals surface area contributed by atoms with E-state index in [4.69, 9.17) is 16.7 Å². The smallest absolute Gasteiger partial charge is 0.337 e. The summed E-state index contributed by atoms with van der Waals surface area (Å²) < 4.78 is 1.83. The van der Waals surface area contributed by atoms with E-state index in [1.54, 1.807) is 24.7 Å². The van der Waals surface area contributed by atoms with Crippen LogP contribution in [0.5, 0.6) is 0 Å². The third-order valence-electron chi connectivity index (χ3n) is 2.28. The lowest BCUT2D eigenvalue weighted by atomic mass is 10.2. The SMILES string of the molecule is Cc1cncn1-c1ccc(C(=O)O)c(Cl)c1. The molecule has 0 aliphatic rings. The molecule has 0 unspecified atom stereocenters. The summed E-state index contributed by atoms with van der Waals surface area (Å²) in [5.41, 5.74) is 1.85. The van der Waals surface area contributed by atoms with Crippen LogP contribution in [0.1, 0.15) is 16.1 Å². The molecule has 82 valence electrons. The maximum absolute atomic E-state index is 10.8. The van der Waals surface area contributed by atoms with Crippen molar-refractivity contribution in [2.75, 3.05) is 0 Å². The molecule has 0 atom stereocenters. The molecule has 0 saturated heterocycles. The number of rotatable bonds is 2. The average Bonchev–Trinajstić information content (AvgIpc) is 2.63. The van der Waals surface area contributed by atoms with Gasteiger partial charge in [0.2, 0.25) is 0 Å². The largest absolute Gasteiger partial charge is 0.478 e. The fourth-order valence-corrected chi connectivity index (χ4v) is 1.71. The van der Waals surface area contributed by atoms with Crippen LogP contribution in [0.3, 0.4) is 0 Å². The Balaban J connectivity index is 2.50. The fraction of sp³-hybridized carbons (Fsp3) is 0.0909. The van der Waals surface area contributed by atoms with Crippen LogP contribution in [0, 0.1) is 6.92 Å². The zero-order chi connectivity index (χ0) is 11.7. The first kappa shape index (κ1) is 10.7. The van der Waals surface area contributed by atoms with Crippen molar-refractivity contribution in [2.24, 2.45) is 0 Å². The van der Waals surface area contributed by atoms with Crippen LogP contribution in [0.25, 0.3) is 5.69 Å². The lowest BCUT2D eigenvalue weighted by Gasteiger charge is -2.06. The third-order valence-corrected chi connectivity index (χ3v) is 2.60. The van der Waals surface area contributed by atoms with E-state index in [2.05, 4.69) is 4.98 Å². The number of benzene rings is 1. The Hall–Kier alpha value is -1.81. The van der Waals surface area contributed by atoms with E-state index >= 15 is 0 Å². The van der Waals surface area contributed by atoms with E-state index < -0.39 is 5.97 Å². The summed E-state index contributed by atoms with van der Waals surface area (Å²) in [6, 6.07) is 4.79. The summed E-state index contributed by atoms with van der Waals surface area (Å²) in [5, 5.41) is 9.06. The summed E-state index contributed by atoms with van der Waals surface area (Å²) in [5.74, 6) is -1.03. The predicted molar refractivity (Wildman–Crippen MR) is 60.3 cm³/mol. The molecule has 2 rings (SSSR count). The molecule has 4 nitrogen and oxygen atoms in total. The molecule has 0 aliphatic carbocycles. The maximum atomic E-state index is 10.8. The first-order chi connectivity index (χ1) is 7.59. The van der Waals surface area contributed by atoms with Crippen molar-refractivity contribution < 1.29 is 9.90 Å². The van der Waals surface area contributed by atoms with Gasteiger partial charge in [0.25, 0.3) is 0 Å². The van der Waals surface area contributed by atoms with E-state index in [9.17, 15) is 4.79 Å². The molecule has 0 aliphatic heterocycles. The monoisotopic (exact) mass is 236 g/mol. The Morgan fingerprint density at radius 3 is 2.75 bits per heavy atom. The van der Waals surface area contributed by atoms with Gasteiger partial charge in [-0.25, -0.2) is 9.78 Å². The van der Waals surface area contributed by atoms with E-state index in [0.717, 1.165) is 11.4 Å². The third kappa shape index (κ3) is 1.79. The number of aryl methyl sites for hydroxylation is 1. The van der Waals surface area contributed by atoms with E-state index in [1.807, 2.05) is 11.5 Å². The van der Waals surface area contributed by atoms with Gasteiger partial charge in [-0.05, 0) is 25.1 Å². The number of halogens is 1. The van der Waals surface area contributed by atoms with E-state index in [-0.39, 0.29) is 10.6 Å². The molecule has 1 N–H and O–H groups in total. The number of hydrogen-bond donors (Lipinski definition) is 1. The minimum atomic E-state index is -1.03. The molecule has 0 spiro atoms. The molecule has 1 heterocycles. The minimum Gasteiger partial charge on any atom is -0.478 e. The van der Waals surface area contributed by atoms with Crippen molar-refractivity contribution in [3.63, 3.8) is 0 Å². The fourth-order valence-electron chi connectivity index (χ4n) is 1.46. The number of nitrogens with zero attached hydrogens (tertiary/aromatic N) is 2. The predicted octanol–water partition coefficient (Wildman–Crippen LogP) is 2.53. The number of hydrogen-bond acceptors (Lipinski definition) is 2. The highest BCUT2D eigenvalue weighted by molar-refractivity contribution is 6.33. The van der Waals surface area contributed by atoms with Crippen LogP contribution in [-0.4, -0.2) is 20.6 Å². The highest BCUT2D eigenvalue weighted by Gasteiger charge is 2.10. The molecule has 1 aromatic carbocycles. The number of aromatic nitrogens is 2. The molecule has 0 amide bonds. The van der Waals surface area contributed by atoms with Gasteiger partial charge in [0.15, 0.2) is 0 Å². The van der Waals surface area contributed by atoms with E-state index in [1.165, 1.54) is 6.07 Å². The minimum absolute atomic E-state index is 0.100. The standard InChI is InChI=1S/C11H9ClN2O2/c1-7-5-13-6-14(7)8-2-3-9(11(15)16)10(12)4-8/h2-6H,1H3,(H,15,16). The molecule has 0 saturated carbocycles. The maximum Gasteiger partial charge on any atom is 0.337 e. The number of carbonyl (C=O) groups is 1. The van der Waals surface area contributed by atoms with Crippen molar-refractivity contribution in [3.05, 3.63) is 47.0 Å². The summed E-state index contributed by atoms with van der Waals surface area (Å²) in [6.45, 7) is 1.91. The van der Waals surface area contributed by atoms with Gasteiger partial charge in [-0.3, -0.25) is 0 Å². The zero-order valence-electron chi connectivity index (χ0n) is 8.51. The normalized spacial score (nSPS) is 10.4. The van der Waals surface area contributed by atoms with Gasteiger partial charge in [-0.1, -0.05) is 11.6 Å². The Morgan fingerprint density at radius 2 is 2.25 bits per heavy atom. The van der Waals surface area contributed by atoms with Crippen molar-refractivity contribution >= 4 is 17.6 Å². The molecule has 0 bridgehead atoms. The number of carboxylic acid groups (broad SMARTS) is 1. The van der Waals surface area contributed by atoms with Gasteiger partial charge in [0.1, 0.15) is 0 Å². The van der Waals surface area contributed by atoms with Crippen molar-refractivity contribution in [1.29, 1.82) is 0 Å². The molecular formula is C11H9ClN2O2. The molecule has 5 heteroatoms. The summed E-state index contributed by atoms with van der Waals surface area (Å²) in [4.78, 5) is 14.8. The quantitative estimate of drug-likeness (QED) is 0.872. The van der Waals surface area contributed by atoms with Crippen LogP contribution in [0.15, 0.2) is 30.7 Å². The lowest BCUT2D eigenvalue weighted by molar-refractivity contribution is 0.0697. The summed E-state index contributed by atoms with van der Waals surface area (Å²) in [7, 11) is 0. The molecule has 2 aromatic rings. The second-order valence-corrected chi connectivity index (χ2v) is 3.78. The number of imidazole rings is 1. The van der Waals surface area contributed by atoms with Crippen molar-refractivity contribution in [3.8, 4) is 5.69 Å². The van der Waals surface area contributed by atoms with Gasteiger partial charge in [0.05, 0.1) is 16.9 Å². The van der Waals surface area contributed by atoms with Gasteiger partial charge in [0, 0.05) is 17.6 Å². The summed E-state index contributed by atoms with van der Waals surface area (Å²) >= 11 is 5.88. The Labute approximate surface area is 97.1 Å². The molecule has 16 heavy (non-hydrogen) atoms. The topological polar surface area (TPSA) is 55.1 Å². The lowest BCUT2D eigenvalue weighted by Crippen LogP contribution is -2.00. The van der Waals surface area contributed by atoms with E-state index in [0.29, 0.717) is 0 Å². The Kier molecular flexibility index (Phi) is 2.66. The summed E-state index contributed by atoms with van der Waals surface area (Å²) in [6.07, 6.45) is 3.38. The highest BCUT2D eigenvalue weighted by atomic mass is 35.5. The van der Waals surface area contributed by atoms with Crippen LogP contribution in [0.2, 0.25) is 5.02 Å². The molecule has 0 fully saturated rings. The highest BCUT2D eigenvalue weighted by Crippen LogP contribution is 2.21. The zero-order valence-corrected chi connectivity index (χ0v) is 9.27. The first-order valence-electron chi connectivity index (χ1n) is 4.62. The average molecular weight is 237 g/mol. The Morgan fingerprint density at radius 1 is 1.50 bits per heavy atom.